The maximum atomic E-state index is 11.1. The van der Waals surface area contributed by atoms with Crippen molar-refractivity contribution in [1.29, 1.82) is 0 Å². The molecule has 0 atom stereocenters. The Morgan fingerprint density at radius 1 is 1.65 bits per heavy atom. The van der Waals surface area contributed by atoms with E-state index in [9.17, 15) is 18.5 Å². The number of aromatic nitrogens is 2. The van der Waals surface area contributed by atoms with Crippen molar-refractivity contribution in [3.8, 4) is 0 Å². The summed E-state index contributed by atoms with van der Waals surface area (Å²) in [4.78, 5) is 9.13. The van der Waals surface area contributed by atoms with E-state index in [0.29, 0.717) is 19.6 Å². The highest BCUT2D eigenvalue weighted by atomic mass is 32.2. The lowest BCUT2D eigenvalue weighted by Gasteiger charge is -1.95. The monoisotopic (exact) mass is 264 g/mol. The summed E-state index contributed by atoms with van der Waals surface area (Å²) >= 11 is 0. The fourth-order valence-corrected chi connectivity index (χ4v) is 1.84. The smallest absolute Gasteiger partial charge is 0.385 e. The lowest BCUT2D eigenvalue weighted by molar-refractivity contribution is -0.392. The minimum absolute atomic E-state index is 0.310. The molecule has 1 aromatic heterocycles. The third-order valence-corrected chi connectivity index (χ3v) is 2.83. The van der Waals surface area contributed by atoms with E-state index in [-0.39, 0.29) is 0 Å². The Bertz CT molecular complexity index is 508. The summed E-state index contributed by atoms with van der Waals surface area (Å²) < 4.78 is 28.2. The van der Waals surface area contributed by atoms with Crippen molar-refractivity contribution in [3.63, 3.8) is 0 Å². The van der Waals surface area contributed by atoms with Crippen LogP contribution in [-0.4, -0.2) is 36.8 Å². The van der Waals surface area contributed by atoms with Crippen LogP contribution in [0.15, 0.2) is 11.1 Å². The van der Waals surface area contributed by atoms with Gasteiger partial charge in [-0.2, -0.15) is 4.68 Å². The molecular weight excluding hydrogens is 252 g/mol. The van der Waals surface area contributed by atoms with Gasteiger partial charge in [-0.05, 0) is 11.3 Å². The van der Waals surface area contributed by atoms with Crippen molar-refractivity contribution in [2.75, 3.05) is 13.7 Å². The molecule has 0 saturated heterocycles. The number of ether oxygens (including phenoxy) is 1. The van der Waals surface area contributed by atoms with Gasteiger partial charge in [0.05, 0.1) is 17.8 Å². The van der Waals surface area contributed by atoms with Gasteiger partial charge in [-0.15, -0.1) is 0 Å². The van der Waals surface area contributed by atoms with Gasteiger partial charge < -0.3 is 14.9 Å². The second-order valence-electron chi connectivity index (χ2n) is 3.23. The second-order valence-corrected chi connectivity index (χ2v) is 4.76. The zero-order chi connectivity index (χ0) is 13.1. The summed E-state index contributed by atoms with van der Waals surface area (Å²) in [7, 11) is -2.63. The molecule has 0 unspecified atom stereocenters. The van der Waals surface area contributed by atoms with Gasteiger partial charge in [-0.3, -0.25) is 0 Å². The van der Waals surface area contributed by atoms with Crippen molar-refractivity contribution < 1.29 is 18.1 Å². The predicted molar refractivity (Wildman–Crippen MR) is 56.7 cm³/mol. The first-order chi connectivity index (χ1) is 7.86. The molecule has 96 valence electrons. The van der Waals surface area contributed by atoms with Crippen LogP contribution in [0.25, 0.3) is 0 Å². The van der Waals surface area contributed by atoms with Crippen LogP contribution in [0.4, 0.5) is 5.82 Å². The molecule has 0 spiro atoms. The minimum Gasteiger partial charge on any atom is -0.385 e. The summed E-state index contributed by atoms with van der Waals surface area (Å²) in [6, 6.07) is 0. The summed E-state index contributed by atoms with van der Waals surface area (Å²) in [5, 5.41) is 19.0. The number of nitro groups is 1. The number of rotatable bonds is 6. The molecule has 0 aliphatic heterocycles. The van der Waals surface area contributed by atoms with Gasteiger partial charge in [0.1, 0.15) is 0 Å². The average Bonchev–Trinajstić information content (AvgIpc) is 2.62. The zero-order valence-electron chi connectivity index (χ0n) is 9.07. The van der Waals surface area contributed by atoms with Crippen LogP contribution >= 0.6 is 0 Å². The molecule has 9 nitrogen and oxygen atoms in total. The number of aryl methyl sites for hydroxylation is 1. The molecule has 0 aliphatic carbocycles. The van der Waals surface area contributed by atoms with Gasteiger partial charge in [0.2, 0.25) is 14.9 Å². The van der Waals surface area contributed by atoms with Gasteiger partial charge >= 0.3 is 5.82 Å². The Balaban J connectivity index is 3.01. The fourth-order valence-electron chi connectivity index (χ4n) is 1.21. The van der Waals surface area contributed by atoms with Crippen molar-refractivity contribution in [2.24, 2.45) is 5.14 Å². The van der Waals surface area contributed by atoms with Gasteiger partial charge in [-0.1, -0.05) is 0 Å². The molecule has 0 bridgehead atoms. The Hall–Kier alpha value is -1.52. The third kappa shape index (κ3) is 3.47. The first-order valence-corrected chi connectivity index (χ1v) is 6.14. The topological polar surface area (TPSA) is 130 Å². The standard InChI is InChI=1S/C7H12N4O5S/c1-16-4-2-3-10-5-6(17(8,14)15)7(9-10)11(12)13/h5H,2-4H2,1H3,(H2,8,14,15). The van der Waals surface area contributed by atoms with Crippen molar-refractivity contribution in [3.05, 3.63) is 16.3 Å². The quantitative estimate of drug-likeness (QED) is 0.417. The molecule has 0 amide bonds. The molecule has 0 radical (unpaired) electrons. The summed E-state index contributed by atoms with van der Waals surface area (Å²) in [6.45, 7) is 0.753. The van der Waals surface area contributed by atoms with E-state index in [2.05, 4.69) is 5.10 Å². The van der Waals surface area contributed by atoms with E-state index in [1.54, 1.807) is 0 Å². The van der Waals surface area contributed by atoms with E-state index >= 15 is 0 Å². The molecule has 10 heteroatoms. The van der Waals surface area contributed by atoms with Crippen molar-refractivity contribution in [1.82, 2.24) is 9.78 Å². The first-order valence-electron chi connectivity index (χ1n) is 4.60. The lowest BCUT2D eigenvalue weighted by atomic mass is 10.4. The van der Waals surface area contributed by atoms with Gasteiger partial charge in [0, 0.05) is 13.7 Å². The summed E-state index contributed by atoms with van der Waals surface area (Å²) in [6.07, 6.45) is 1.60. The summed E-state index contributed by atoms with van der Waals surface area (Å²) in [5.74, 6) is -0.759. The molecule has 0 aliphatic rings. The number of hydrogen-bond acceptors (Lipinski definition) is 6. The minimum atomic E-state index is -4.14. The van der Waals surface area contributed by atoms with Crippen LogP contribution in [0, 0.1) is 10.1 Å². The number of primary sulfonamides is 1. The van der Waals surface area contributed by atoms with Crippen LogP contribution in [0.2, 0.25) is 0 Å². The number of nitrogens with two attached hydrogens (primary N) is 1. The van der Waals surface area contributed by atoms with E-state index in [0.717, 1.165) is 10.9 Å². The van der Waals surface area contributed by atoms with E-state index in [4.69, 9.17) is 9.88 Å². The Kier molecular flexibility index (Phi) is 4.15. The Morgan fingerprint density at radius 2 is 2.29 bits per heavy atom. The molecule has 1 rings (SSSR count). The summed E-state index contributed by atoms with van der Waals surface area (Å²) in [5.41, 5.74) is 0. The zero-order valence-corrected chi connectivity index (χ0v) is 9.88. The Morgan fingerprint density at radius 3 is 2.71 bits per heavy atom. The van der Waals surface area contributed by atoms with Crippen LogP contribution < -0.4 is 5.14 Å². The fraction of sp³-hybridized carbons (Fsp3) is 0.571. The van der Waals surface area contributed by atoms with Crippen LogP contribution in [0.3, 0.4) is 0 Å². The van der Waals surface area contributed by atoms with Crippen LogP contribution in [0.5, 0.6) is 0 Å². The normalized spacial score (nSPS) is 11.6. The largest absolute Gasteiger partial charge is 0.410 e. The van der Waals surface area contributed by atoms with Crippen LogP contribution in [0.1, 0.15) is 6.42 Å². The number of hydrogen-bond donors (Lipinski definition) is 1. The third-order valence-electron chi connectivity index (χ3n) is 1.92. The number of nitrogens with zero attached hydrogens (tertiary/aromatic N) is 3. The van der Waals surface area contributed by atoms with Crippen LogP contribution in [-0.2, 0) is 21.3 Å². The van der Waals surface area contributed by atoms with E-state index in [1.807, 2.05) is 0 Å². The highest BCUT2D eigenvalue weighted by molar-refractivity contribution is 7.89. The molecule has 17 heavy (non-hydrogen) atoms. The maximum absolute atomic E-state index is 11.1. The predicted octanol–water partition coefficient (Wildman–Crippen LogP) is -0.525. The van der Waals surface area contributed by atoms with E-state index in [1.165, 1.54) is 7.11 Å². The van der Waals surface area contributed by atoms with E-state index < -0.39 is 25.7 Å². The highest BCUT2D eigenvalue weighted by Crippen LogP contribution is 2.19. The SMILES string of the molecule is COCCCn1cc(S(N)(=O)=O)c([N+](=O)[O-])n1. The first kappa shape index (κ1) is 13.5. The molecule has 1 aromatic rings. The number of sulfonamides is 1. The molecule has 0 saturated carbocycles. The molecule has 0 aromatic carbocycles. The van der Waals surface area contributed by atoms with Gasteiger partial charge in [-0.25, -0.2) is 13.6 Å². The van der Waals surface area contributed by atoms with Gasteiger partial charge in [0.25, 0.3) is 0 Å². The van der Waals surface area contributed by atoms with Gasteiger partial charge in [0.15, 0.2) is 0 Å². The molecule has 1 heterocycles. The second kappa shape index (κ2) is 5.21. The maximum Gasteiger partial charge on any atom is 0.410 e. The Labute approximate surface area is 97.4 Å². The number of methoxy groups -OCH3 is 1. The van der Waals surface area contributed by atoms with Crippen molar-refractivity contribution >= 4 is 15.8 Å². The average molecular weight is 264 g/mol. The lowest BCUT2D eigenvalue weighted by Crippen LogP contribution is -2.13. The molecule has 0 fully saturated rings. The molecule has 2 N–H and O–H groups in total. The highest BCUT2D eigenvalue weighted by Gasteiger charge is 2.28. The molecular formula is C7H12N4O5S. The van der Waals surface area contributed by atoms with Crippen molar-refractivity contribution in [2.45, 2.75) is 17.9 Å².